The Bertz CT molecular complexity index is 998. The molecule has 0 aliphatic heterocycles. The van der Waals surface area contributed by atoms with E-state index in [-0.39, 0.29) is 18.0 Å². The molecule has 7 heteroatoms. The van der Waals surface area contributed by atoms with Gasteiger partial charge in [0, 0.05) is 11.4 Å². The third-order valence-electron chi connectivity index (χ3n) is 4.23. The van der Waals surface area contributed by atoms with Gasteiger partial charge in [0.25, 0.3) is 0 Å². The molecule has 0 saturated heterocycles. The molecule has 146 valence electrons. The number of aryl methyl sites for hydroxylation is 1. The number of hydrogen-bond acceptors (Lipinski definition) is 5. The lowest BCUT2D eigenvalue weighted by molar-refractivity contribution is 0.139. The van der Waals surface area contributed by atoms with Gasteiger partial charge in [-0.15, -0.1) is 11.3 Å². The number of sulfone groups is 1. The highest BCUT2D eigenvalue weighted by Gasteiger charge is 2.30. The number of ether oxygens (including phenoxy) is 1. The number of nitrogens with one attached hydrogen (secondary N) is 1. The molecule has 1 atom stereocenters. The number of benzene rings is 2. The highest BCUT2D eigenvalue weighted by molar-refractivity contribution is 7.91. The summed E-state index contributed by atoms with van der Waals surface area (Å²) in [5.74, 6) is 0. The van der Waals surface area contributed by atoms with Crippen molar-refractivity contribution in [2.45, 2.75) is 23.7 Å². The molecule has 0 aliphatic rings. The molecule has 0 bridgehead atoms. The maximum Gasteiger partial charge on any atom is 0.407 e. The van der Waals surface area contributed by atoms with Crippen LogP contribution >= 0.6 is 11.3 Å². The minimum atomic E-state index is -3.66. The summed E-state index contributed by atoms with van der Waals surface area (Å²) in [6.45, 7) is 1.96. The number of amides is 1. The van der Waals surface area contributed by atoms with Crippen LogP contribution in [0.5, 0.6) is 0 Å². The lowest BCUT2D eigenvalue weighted by Gasteiger charge is -2.17. The maximum absolute atomic E-state index is 13.1. The number of carbonyl (C=O) groups is 1. The first kappa shape index (κ1) is 20.1. The molecule has 0 radical (unpaired) electrons. The zero-order valence-electron chi connectivity index (χ0n) is 15.4. The van der Waals surface area contributed by atoms with Crippen LogP contribution < -0.4 is 5.32 Å². The number of carbonyl (C=O) groups excluding carboxylic acids is 1. The van der Waals surface area contributed by atoms with Crippen molar-refractivity contribution >= 4 is 27.3 Å². The first-order valence-corrected chi connectivity index (χ1v) is 11.2. The number of hydrogen-bond donors (Lipinski definition) is 1. The molecule has 1 amide bonds. The van der Waals surface area contributed by atoms with Crippen molar-refractivity contribution in [1.29, 1.82) is 0 Å². The highest BCUT2D eigenvalue weighted by atomic mass is 32.2. The minimum absolute atomic E-state index is 0.0651. The van der Waals surface area contributed by atoms with Crippen molar-refractivity contribution in [2.75, 3.05) is 6.54 Å². The molecule has 0 spiro atoms. The molecular weight excluding hydrogens is 394 g/mol. The fraction of sp³-hybridized carbons (Fsp3) is 0.190. The summed E-state index contributed by atoms with van der Waals surface area (Å²) in [4.78, 5) is 13.0. The van der Waals surface area contributed by atoms with Crippen molar-refractivity contribution in [3.05, 3.63) is 88.1 Å². The second-order valence-corrected chi connectivity index (χ2v) is 9.41. The Labute approximate surface area is 168 Å². The average molecular weight is 416 g/mol. The normalized spacial score (nSPS) is 12.3. The number of rotatable bonds is 7. The van der Waals surface area contributed by atoms with Gasteiger partial charge in [0.2, 0.25) is 0 Å². The van der Waals surface area contributed by atoms with Gasteiger partial charge in [-0.05, 0) is 36.1 Å². The topological polar surface area (TPSA) is 72.5 Å². The number of thiophene rings is 1. The third kappa shape index (κ3) is 4.99. The lowest BCUT2D eigenvalue weighted by atomic mass is 10.2. The van der Waals surface area contributed by atoms with Crippen molar-refractivity contribution in [3.8, 4) is 0 Å². The van der Waals surface area contributed by atoms with Gasteiger partial charge in [-0.2, -0.15) is 0 Å². The zero-order chi connectivity index (χ0) is 20.0. The molecule has 1 aromatic heterocycles. The highest BCUT2D eigenvalue weighted by Crippen LogP contribution is 2.31. The van der Waals surface area contributed by atoms with Crippen LogP contribution in [0.4, 0.5) is 4.79 Å². The van der Waals surface area contributed by atoms with E-state index in [0.29, 0.717) is 4.88 Å². The van der Waals surface area contributed by atoms with E-state index < -0.39 is 21.2 Å². The Kier molecular flexibility index (Phi) is 6.49. The number of alkyl carbamates (subject to hydrolysis) is 1. The van der Waals surface area contributed by atoms with Crippen molar-refractivity contribution in [3.63, 3.8) is 0 Å². The largest absolute Gasteiger partial charge is 0.445 e. The molecule has 2 aromatic carbocycles. The molecular formula is C21H21NO4S2. The Morgan fingerprint density at radius 3 is 2.39 bits per heavy atom. The first-order chi connectivity index (χ1) is 13.5. The molecule has 5 nitrogen and oxygen atoms in total. The standard InChI is InChI=1S/C21H21NO4S2/c1-16-9-11-18(12-10-16)28(24,25)20(19-8-5-13-27-19)14-22-21(23)26-15-17-6-3-2-4-7-17/h2-13,20H,14-15H2,1H3,(H,22,23)/t20-/m1/s1. The average Bonchev–Trinajstić information content (AvgIpc) is 3.22. The van der Waals surface area contributed by atoms with Crippen LogP contribution in [0.2, 0.25) is 0 Å². The lowest BCUT2D eigenvalue weighted by Crippen LogP contribution is -2.32. The molecule has 28 heavy (non-hydrogen) atoms. The van der Waals surface area contributed by atoms with Gasteiger partial charge >= 0.3 is 6.09 Å². The summed E-state index contributed by atoms with van der Waals surface area (Å²) in [6, 6.07) is 19.6. The van der Waals surface area contributed by atoms with Gasteiger partial charge in [-0.1, -0.05) is 54.1 Å². The van der Waals surface area contributed by atoms with Crippen LogP contribution in [0.25, 0.3) is 0 Å². The molecule has 0 fully saturated rings. The van der Waals surface area contributed by atoms with E-state index in [4.69, 9.17) is 4.74 Å². The Morgan fingerprint density at radius 1 is 1.04 bits per heavy atom. The summed E-state index contributed by atoms with van der Waals surface area (Å²) >= 11 is 1.35. The molecule has 3 rings (SSSR count). The van der Waals surface area contributed by atoms with Crippen molar-refractivity contribution in [1.82, 2.24) is 5.32 Å². The summed E-state index contributed by atoms with van der Waals surface area (Å²) in [6.07, 6.45) is -0.649. The van der Waals surface area contributed by atoms with E-state index in [1.807, 2.05) is 42.6 Å². The summed E-state index contributed by atoms with van der Waals surface area (Å²) in [5, 5.41) is 3.54. The van der Waals surface area contributed by atoms with Gasteiger partial charge < -0.3 is 10.1 Å². The van der Waals surface area contributed by atoms with Crippen LogP contribution in [-0.4, -0.2) is 21.1 Å². The molecule has 1 heterocycles. The second kappa shape index (κ2) is 9.03. The van der Waals surface area contributed by atoms with E-state index in [1.54, 1.807) is 36.4 Å². The van der Waals surface area contributed by atoms with E-state index in [1.165, 1.54) is 11.3 Å². The molecule has 0 saturated carbocycles. The van der Waals surface area contributed by atoms with Gasteiger partial charge in [-0.3, -0.25) is 0 Å². The molecule has 3 aromatic rings. The smallest absolute Gasteiger partial charge is 0.407 e. The van der Waals surface area contributed by atoms with Crippen LogP contribution in [0, 0.1) is 6.92 Å². The van der Waals surface area contributed by atoms with Crippen LogP contribution in [-0.2, 0) is 21.2 Å². The van der Waals surface area contributed by atoms with Crippen LogP contribution in [0.3, 0.4) is 0 Å². The first-order valence-electron chi connectivity index (χ1n) is 8.75. The minimum Gasteiger partial charge on any atom is -0.445 e. The van der Waals surface area contributed by atoms with Gasteiger partial charge in [-0.25, -0.2) is 13.2 Å². The SMILES string of the molecule is Cc1ccc(S(=O)(=O)[C@H](CNC(=O)OCc2ccccc2)c2cccs2)cc1. The van der Waals surface area contributed by atoms with E-state index in [9.17, 15) is 13.2 Å². The quantitative estimate of drug-likeness (QED) is 0.617. The summed E-state index contributed by atoms with van der Waals surface area (Å²) < 4.78 is 31.5. The second-order valence-electron chi connectivity index (χ2n) is 6.30. The van der Waals surface area contributed by atoms with E-state index >= 15 is 0 Å². The van der Waals surface area contributed by atoms with Crippen molar-refractivity contribution < 1.29 is 17.9 Å². The Hall–Kier alpha value is -2.64. The molecule has 1 N–H and O–H groups in total. The van der Waals surface area contributed by atoms with Crippen LogP contribution in [0.15, 0.2) is 77.0 Å². The van der Waals surface area contributed by atoms with Crippen molar-refractivity contribution in [2.24, 2.45) is 0 Å². The maximum atomic E-state index is 13.1. The summed E-state index contributed by atoms with van der Waals surface area (Å²) in [7, 11) is -3.66. The monoisotopic (exact) mass is 415 g/mol. The zero-order valence-corrected chi connectivity index (χ0v) is 17.0. The Balaban J connectivity index is 1.71. The fourth-order valence-electron chi connectivity index (χ4n) is 2.68. The van der Waals surface area contributed by atoms with Gasteiger partial charge in [0.1, 0.15) is 11.9 Å². The third-order valence-corrected chi connectivity index (χ3v) is 7.46. The molecule has 0 aliphatic carbocycles. The fourth-order valence-corrected chi connectivity index (χ4v) is 5.46. The summed E-state index contributed by atoms with van der Waals surface area (Å²) in [5.41, 5.74) is 1.84. The van der Waals surface area contributed by atoms with Gasteiger partial charge in [0.05, 0.1) is 4.90 Å². The van der Waals surface area contributed by atoms with E-state index in [2.05, 4.69) is 5.32 Å². The predicted octanol–water partition coefficient (Wildman–Crippen LogP) is 4.50. The van der Waals surface area contributed by atoms with Gasteiger partial charge in [0.15, 0.2) is 9.84 Å². The molecule has 0 unspecified atom stereocenters. The Morgan fingerprint density at radius 2 is 1.75 bits per heavy atom. The van der Waals surface area contributed by atoms with E-state index in [0.717, 1.165) is 11.1 Å². The predicted molar refractivity (Wildman–Crippen MR) is 110 cm³/mol. The van der Waals surface area contributed by atoms with Crippen LogP contribution in [0.1, 0.15) is 21.3 Å².